The van der Waals surface area contributed by atoms with Gasteiger partial charge in [-0.15, -0.1) is 0 Å². The highest BCUT2D eigenvalue weighted by molar-refractivity contribution is 6.11. The Bertz CT molecular complexity index is 1080. The Morgan fingerprint density at radius 1 is 0.600 bits per heavy atom. The van der Waals surface area contributed by atoms with E-state index in [2.05, 4.69) is 73.7 Å². The molecule has 4 aromatic carbocycles. The van der Waals surface area contributed by atoms with Crippen molar-refractivity contribution in [2.75, 3.05) is 0 Å². The molecule has 0 spiro atoms. The van der Waals surface area contributed by atoms with Gasteiger partial charge in [0.1, 0.15) is 0 Å². The maximum atomic E-state index is 2.39. The summed E-state index contributed by atoms with van der Waals surface area (Å²) in [7, 11) is 0. The summed E-state index contributed by atoms with van der Waals surface area (Å²) in [4.78, 5) is 0. The summed E-state index contributed by atoms with van der Waals surface area (Å²) in [6.45, 7) is 2.28. The first-order valence-corrected chi connectivity index (χ1v) is 9.30. The molecule has 4 aliphatic rings. The fourth-order valence-corrected chi connectivity index (χ4v) is 4.45. The van der Waals surface area contributed by atoms with Crippen LogP contribution in [0.3, 0.4) is 0 Å². The van der Waals surface area contributed by atoms with Gasteiger partial charge in [0.25, 0.3) is 0 Å². The van der Waals surface area contributed by atoms with Crippen LogP contribution >= 0.6 is 0 Å². The van der Waals surface area contributed by atoms with E-state index in [0.717, 1.165) is 25.7 Å². The third-order valence-electron chi connectivity index (χ3n) is 5.76. The van der Waals surface area contributed by atoms with Crippen molar-refractivity contribution < 1.29 is 0 Å². The zero-order chi connectivity index (χ0) is 16.8. The van der Waals surface area contributed by atoms with Crippen molar-refractivity contribution in [3.8, 4) is 0 Å². The molecule has 4 aromatic rings. The predicted octanol–water partition coefficient (Wildman–Crippen LogP) is 6.19. The average molecular weight is 322 g/mol. The summed E-state index contributed by atoms with van der Waals surface area (Å²) in [5.74, 6) is 0. The van der Waals surface area contributed by atoms with Gasteiger partial charge in [-0.25, -0.2) is 0 Å². The Hall–Kier alpha value is -2.60. The summed E-state index contributed by atoms with van der Waals surface area (Å²) in [5, 5.41) is 5.75. The van der Waals surface area contributed by atoms with Gasteiger partial charge in [-0.05, 0) is 82.0 Å². The van der Waals surface area contributed by atoms with Crippen molar-refractivity contribution in [1.29, 1.82) is 0 Å². The van der Waals surface area contributed by atoms with Crippen LogP contribution in [-0.4, -0.2) is 0 Å². The number of hydrogen-bond donors (Lipinski definition) is 0. The van der Waals surface area contributed by atoms with E-state index in [9.17, 15) is 0 Å². The Morgan fingerprint density at radius 2 is 1.20 bits per heavy atom. The van der Waals surface area contributed by atoms with Crippen molar-refractivity contribution in [2.24, 2.45) is 0 Å². The first-order chi connectivity index (χ1) is 12.3. The van der Waals surface area contributed by atoms with Crippen molar-refractivity contribution in [3.63, 3.8) is 0 Å². The van der Waals surface area contributed by atoms with Crippen molar-refractivity contribution in [1.82, 2.24) is 0 Å². The van der Waals surface area contributed by atoms with Crippen LogP contribution in [0.5, 0.6) is 0 Å². The number of hydrogen-bond acceptors (Lipinski definition) is 0. The molecule has 4 aliphatic carbocycles. The van der Waals surface area contributed by atoms with Gasteiger partial charge >= 0.3 is 0 Å². The van der Waals surface area contributed by atoms with Crippen LogP contribution in [0.1, 0.15) is 27.8 Å². The minimum Gasteiger partial charge on any atom is -0.0616 e. The Morgan fingerprint density at radius 3 is 1.88 bits per heavy atom. The normalized spacial score (nSPS) is 14.0. The van der Waals surface area contributed by atoms with E-state index >= 15 is 0 Å². The summed E-state index contributed by atoms with van der Waals surface area (Å²) in [6.07, 6.45) is 4.43. The van der Waals surface area contributed by atoms with Crippen molar-refractivity contribution >= 4 is 21.5 Å². The van der Waals surface area contributed by atoms with Crippen LogP contribution < -0.4 is 0 Å². The molecule has 0 heterocycles. The third kappa shape index (κ3) is 2.44. The minimum atomic E-state index is 1.10. The van der Waals surface area contributed by atoms with Gasteiger partial charge in [0.15, 0.2) is 0 Å². The summed E-state index contributed by atoms with van der Waals surface area (Å²) < 4.78 is 0. The van der Waals surface area contributed by atoms with Crippen LogP contribution in [0.25, 0.3) is 21.5 Å². The van der Waals surface area contributed by atoms with Gasteiger partial charge in [0.05, 0.1) is 0 Å². The highest BCUT2D eigenvalue weighted by Crippen LogP contribution is 2.35. The molecule has 122 valence electrons. The van der Waals surface area contributed by atoms with Crippen molar-refractivity contribution in [2.45, 2.75) is 32.6 Å². The number of rotatable bonds is 0. The fourth-order valence-electron chi connectivity index (χ4n) is 4.45. The van der Waals surface area contributed by atoms with Crippen LogP contribution in [0.15, 0.2) is 66.7 Å². The Labute approximate surface area is 149 Å². The molecule has 0 aliphatic heterocycles. The first-order valence-electron chi connectivity index (χ1n) is 9.30. The van der Waals surface area contributed by atoms with Crippen LogP contribution in [0.2, 0.25) is 0 Å². The van der Waals surface area contributed by atoms with Gasteiger partial charge in [0.2, 0.25) is 0 Å². The molecule has 0 saturated carbocycles. The van der Waals surface area contributed by atoms with Gasteiger partial charge < -0.3 is 0 Å². The topological polar surface area (TPSA) is 0 Å². The minimum absolute atomic E-state index is 1.10. The number of fused-ring (bicyclic) bond motifs is 1. The lowest BCUT2D eigenvalue weighted by molar-refractivity contribution is 0.934. The third-order valence-corrected chi connectivity index (χ3v) is 5.76. The molecular weight excluding hydrogens is 300 g/mol. The molecule has 0 heteroatoms. The molecule has 0 unspecified atom stereocenters. The zero-order valence-electron chi connectivity index (χ0n) is 14.7. The fraction of sp³-hybridized carbons (Fsp3) is 0.200. The van der Waals surface area contributed by atoms with E-state index in [1.165, 1.54) is 49.4 Å². The Balaban J connectivity index is 1.84. The SMILES string of the molecule is Cc1cc2ccccc2c2c3ccc(c12)CCc1ccc(cc1)CC3. The molecule has 0 radical (unpaired) electrons. The highest BCUT2D eigenvalue weighted by atomic mass is 14.2. The van der Waals surface area contributed by atoms with Gasteiger partial charge in [-0.3, -0.25) is 0 Å². The number of benzene rings is 4. The standard InChI is InChI=1S/C25H22/c1-17-16-22-4-2-3-5-23(22)25-21-13-11-19-8-6-18(7-9-19)10-12-20(14-15-21)24(17)25/h2-9,14-16H,10-13H2,1H3. The molecule has 0 atom stereocenters. The smallest absolute Gasteiger partial charge is 0.00678 e. The molecule has 25 heavy (non-hydrogen) atoms. The van der Waals surface area contributed by atoms with E-state index < -0.39 is 0 Å². The molecular formula is C25H22. The first kappa shape index (κ1) is 14.7. The second-order valence-corrected chi connectivity index (χ2v) is 7.36. The number of aryl methyl sites for hydroxylation is 5. The monoisotopic (exact) mass is 322 g/mol. The van der Waals surface area contributed by atoms with Crippen LogP contribution in [0, 0.1) is 6.92 Å². The zero-order valence-corrected chi connectivity index (χ0v) is 14.7. The maximum absolute atomic E-state index is 2.39. The van der Waals surface area contributed by atoms with E-state index in [1.807, 2.05) is 0 Å². The highest BCUT2D eigenvalue weighted by Gasteiger charge is 2.13. The van der Waals surface area contributed by atoms with Gasteiger partial charge in [-0.1, -0.05) is 66.7 Å². The lowest BCUT2D eigenvalue weighted by atomic mass is 9.87. The van der Waals surface area contributed by atoms with Gasteiger partial charge in [-0.2, -0.15) is 0 Å². The Kier molecular flexibility index (Phi) is 3.38. The lowest BCUT2D eigenvalue weighted by Gasteiger charge is -2.18. The van der Waals surface area contributed by atoms with E-state index in [-0.39, 0.29) is 0 Å². The predicted molar refractivity (Wildman–Crippen MR) is 107 cm³/mol. The maximum Gasteiger partial charge on any atom is -0.00678 e. The quantitative estimate of drug-likeness (QED) is 0.339. The lowest BCUT2D eigenvalue weighted by Crippen LogP contribution is -2.01. The van der Waals surface area contributed by atoms with Crippen molar-refractivity contribution in [3.05, 3.63) is 94.5 Å². The summed E-state index contributed by atoms with van der Waals surface area (Å²) in [6, 6.07) is 25.3. The van der Waals surface area contributed by atoms with E-state index in [1.54, 1.807) is 0 Å². The average Bonchev–Trinajstić information content (AvgIpc) is 2.64. The summed E-state index contributed by atoms with van der Waals surface area (Å²) in [5.41, 5.74) is 7.28. The van der Waals surface area contributed by atoms with Crippen LogP contribution in [0.4, 0.5) is 0 Å². The molecule has 0 amide bonds. The van der Waals surface area contributed by atoms with Crippen LogP contribution in [-0.2, 0) is 25.7 Å². The molecule has 0 nitrogen and oxygen atoms in total. The molecule has 8 rings (SSSR count). The molecule has 4 bridgehead atoms. The van der Waals surface area contributed by atoms with E-state index in [0.29, 0.717) is 0 Å². The molecule has 0 aromatic heterocycles. The molecule has 0 saturated heterocycles. The van der Waals surface area contributed by atoms with E-state index in [4.69, 9.17) is 0 Å². The summed E-state index contributed by atoms with van der Waals surface area (Å²) >= 11 is 0. The molecule has 0 fully saturated rings. The second-order valence-electron chi connectivity index (χ2n) is 7.36. The largest absolute Gasteiger partial charge is 0.0616 e. The van der Waals surface area contributed by atoms with Gasteiger partial charge in [0, 0.05) is 0 Å². The molecule has 0 N–H and O–H groups in total. The second kappa shape index (κ2) is 5.74.